The number of benzene rings is 2. The lowest BCUT2D eigenvalue weighted by Crippen LogP contribution is -2.49. The van der Waals surface area contributed by atoms with Gasteiger partial charge in [0, 0.05) is 42.1 Å². The highest BCUT2D eigenvalue weighted by Gasteiger charge is 2.22. The van der Waals surface area contributed by atoms with Crippen LogP contribution in [0.25, 0.3) is 20.7 Å². The van der Waals surface area contributed by atoms with E-state index in [0.29, 0.717) is 5.75 Å². The van der Waals surface area contributed by atoms with Gasteiger partial charge in [-0.1, -0.05) is 54.2 Å². The number of aryl methyl sites for hydroxylation is 1. The minimum Gasteiger partial charge on any atom is -0.368 e. The van der Waals surface area contributed by atoms with Gasteiger partial charge >= 0.3 is 0 Å². The van der Waals surface area contributed by atoms with E-state index in [1.165, 1.54) is 33.5 Å². The zero-order valence-electron chi connectivity index (χ0n) is 17.9. The van der Waals surface area contributed by atoms with Crippen molar-refractivity contribution in [3.05, 3.63) is 72.6 Å². The molecule has 0 unspecified atom stereocenters. The first-order chi connectivity index (χ1) is 15.7. The van der Waals surface area contributed by atoms with Crippen molar-refractivity contribution in [3.63, 3.8) is 0 Å². The molecule has 4 aromatic rings. The van der Waals surface area contributed by atoms with Crippen molar-refractivity contribution in [2.24, 2.45) is 0 Å². The molecule has 2 aromatic carbocycles. The standard InChI is InChI=1S/C25H24N4OS2/c1-18-6-5-9-20(14-18)28-10-12-29(13-11-28)23(30)16-31-24-21-15-22(19-7-3-2-4-8-19)32-25(21)27-17-26-24/h2-9,14-15,17H,10-13,16H2,1H3. The van der Waals surface area contributed by atoms with Crippen molar-refractivity contribution in [1.82, 2.24) is 14.9 Å². The van der Waals surface area contributed by atoms with Gasteiger partial charge in [0.25, 0.3) is 0 Å². The maximum absolute atomic E-state index is 12.9. The molecule has 5 rings (SSSR count). The lowest BCUT2D eigenvalue weighted by Gasteiger charge is -2.36. The van der Waals surface area contributed by atoms with Crippen LogP contribution in [0.5, 0.6) is 0 Å². The van der Waals surface area contributed by atoms with Crippen molar-refractivity contribution in [1.29, 1.82) is 0 Å². The Bertz CT molecular complexity index is 1230. The monoisotopic (exact) mass is 460 g/mol. The second-order valence-corrected chi connectivity index (χ2v) is 9.86. The molecule has 32 heavy (non-hydrogen) atoms. The molecule has 1 amide bonds. The van der Waals surface area contributed by atoms with E-state index in [4.69, 9.17) is 0 Å². The number of rotatable bonds is 5. The maximum atomic E-state index is 12.9. The Labute approximate surface area is 196 Å². The van der Waals surface area contributed by atoms with Crippen molar-refractivity contribution >= 4 is 44.9 Å². The average Bonchev–Trinajstić information content (AvgIpc) is 3.28. The van der Waals surface area contributed by atoms with Gasteiger partial charge in [-0.15, -0.1) is 11.3 Å². The number of nitrogens with zero attached hydrogens (tertiary/aromatic N) is 4. The third-order valence-electron chi connectivity index (χ3n) is 5.68. The number of hydrogen-bond donors (Lipinski definition) is 0. The molecule has 3 heterocycles. The fourth-order valence-electron chi connectivity index (χ4n) is 3.95. The van der Waals surface area contributed by atoms with Crippen LogP contribution in [0.4, 0.5) is 5.69 Å². The number of carbonyl (C=O) groups is 1. The summed E-state index contributed by atoms with van der Waals surface area (Å²) in [6, 6.07) is 21.0. The van der Waals surface area contributed by atoms with E-state index in [0.717, 1.165) is 41.4 Å². The Morgan fingerprint density at radius 2 is 1.81 bits per heavy atom. The quantitative estimate of drug-likeness (QED) is 0.306. The van der Waals surface area contributed by atoms with Crippen molar-refractivity contribution in [2.45, 2.75) is 11.9 Å². The van der Waals surface area contributed by atoms with Crippen LogP contribution >= 0.6 is 23.1 Å². The zero-order chi connectivity index (χ0) is 21.9. The summed E-state index contributed by atoms with van der Waals surface area (Å²) in [5.74, 6) is 0.566. The fourth-order valence-corrected chi connectivity index (χ4v) is 5.90. The Balaban J connectivity index is 1.22. The molecule has 0 aliphatic carbocycles. The van der Waals surface area contributed by atoms with Crippen LogP contribution in [0, 0.1) is 6.92 Å². The molecular weight excluding hydrogens is 436 g/mol. The van der Waals surface area contributed by atoms with Gasteiger partial charge < -0.3 is 9.80 Å². The molecule has 1 fully saturated rings. The molecule has 0 N–H and O–H groups in total. The Kier molecular flexibility index (Phi) is 6.10. The SMILES string of the molecule is Cc1cccc(N2CCN(C(=O)CSc3ncnc4sc(-c5ccccc5)cc34)CC2)c1. The van der Waals surface area contributed by atoms with Crippen LogP contribution in [0.3, 0.4) is 0 Å². The van der Waals surface area contributed by atoms with Crippen LogP contribution in [-0.2, 0) is 4.79 Å². The molecule has 1 aliphatic rings. The Morgan fingerprint density at radius 1 is 1.00 bits per heavy atom. The van der Waals surface area contributed by atoms with E-state index in [-0.39, 0.29) is 5.91 Å². The Hall–Kier alpha value is -2.90. The molecule has 0 atom stereocenters. The van der Waals surface area contributed by atoms with E-state index in [9.17, 15) is 4.79 Å². The second-order valence-electron chi connectivity index (χ2n) is 7.87. The first kappa shape index (κ1) is 21.0. The molecular formula is C25H24N4OS2. The number of thioether (sulfide) groups is 1. The molecule has 0 radical (unpaired) electrons. The summed E-state index contributed by atoms with van der Waals surface area (Å²) in [6.07, 6.45) is 1.60. The van der Waals surface area contributed by atoms with Crippen LogP contribution in [0.1, 0.15) is 5.56 Å². The number of carbonyl (C=O) groups excluding carboxylic acids is 1. The summed E-state index contributed by atoms with van der Waals surface area (Å²) in [7, 11) is 0. The highest BCUT2D eigenvalue weighted by atomic mass is 32.2. The van der Waals surface area contributed by atoms with E-state index in [1.807, 2.05) is 23.1 Å². The van der Waals surface area contributed by atoms with Gasteiger partial charge in [0.15, 0.2) is 0 Å². The number of hydrogen-bond acceptors (Lipinski definition) is 6. The van der Waals surface area contributed by atoms with E-state index >= 15 is 0 Å². The van der Waals surface area contributed by atoms with E-state index in [1.54, 1.807) is 17.7 Å². The molecule has 5 nitrogen and oxygen atoms in total. The van der Waals surface area contributed by atoms with Crippen LogP contribution in [-0.4, -0.2) is 52.7 Å². The van der Waals surface area contributed by atoms with Gasteiger partial charge in [0.2, 0.25) is 5.91 Å². The molecule has 2 aromatic heterocycles. The first-order valence-electron chi connectivity index (χ1n) is 10.7. The second kappa shape index (κ2) is 9.30. The highest BCUT2D eigenvalue weighted by molar-refractivity contribution is 8.00. The van der Waals surface area contributed by atoms with Gasteiger partial charge in [-0.3, -0.25) is 4.79 Å². The predicted molar refractivity (Wildman–Crippen MR) is 134 cm³/mol. The normalized spacial score (nSPS) is 14.2. The summed E-state index contributed by atoms with van der Waals surface area (Å²) in [5, 5.41) is 1.90. The molecule has 162 valence electrons. The van der Waals surface area contributed by atoms with Gasteiger partial charge in [0.05, 0.1) is 5.75 Å². The minimum atomic E-state index is 0.171. The molecule has 0 spiro atoms. The van der Waals surface area contributed by atoms with Gasteiger partial charge in [-0.25, -0.2) is 9.97 Å². The smallest absolute Gasteiger partial charge is 0.233 e. The fraction of sp³-hybridized carbons (Fsp3) is 0.240. The van der Waals surface area contributed by atoms with E-state index in [2.05, 4.69) is 64.3 Å². The summed E-state index contributed by atoms with van der Waals surface area (Å²) < 4.78 is 0. The van der Waals surface area contributed by atoms with Crippen molar-refractivity contribution in [2.75, 3.05) is 36.8 Å². The summed E-state index contributed by atoms with van der Waals surface area (Å²) in [4.78, 5) is 28.2. The summed E-state index contributed by atoms with van der Waals surface area (Å²) in [6.45, 7) is 5.35. The number of amides is 1. The van der Waals surface area contributed by atoms with Gasteiger partial charge in [-0.05, 0) is 36.2 Å². The topological polar surface area (TPSA) is 49.3 Å². The third-order valence-corrected chi connectivity index (χ3v) is 7.76. The minimum absolute atomic E-state index is 0.171. The summed E-state index contributed by atoms with van der Waals surface area (Å²) >= 11 is 3.17. The maximum Gasteiger partial charge on any atom is 0.233 e. The lowest BCUT2D eigenvalue weighted by molar-refractivity contribution is -0.128. The lowest BCUT2D eigenvalue weighted by atomic mass is 10.2. The predicted octanol–water partition coefficient (Wildman–Crippen LogP) is 5.11. The largest absolute Gasteiger partial charge is 0.368 e. The third kappa shape index (κ3) is 4.49. The number of thiophene rings is 1. The number of anilines is 1. The number of aromatic nitrogens is 2. The average molecular weight is 461 g/mol. The molecule has 0 saturated carbocycles. The molecule has 0 bridgehead atoms. The summed E-state index contributed by atoms with van der Waals surface area (Å²) in [5.41, 5.74) is 3.67. The zero-order valence-corrected chi connectivity index (χ0v) is 19.5. The first-order valence-corrected chi connectivity index (χ1v) is 12.5. The van der Waals surface area contributed by atoms with E-state index < -0.39 is 0 Å². The van der Waals surface area contributed by atoms with Crippen molar-refractivity contribution in [3.8, 4) is 10.4 Å². The number of piperazine rings is 1. The van der Waals surface area contributed by atoms with Crippen molar-refractivity contribution < 1.29 is 4.79 Å². The number of fused-ring (bicyclic) bond motifs is 1. The van der Waals surface area contributed by atoms with Crippen LogP contribution in [0.15, 0.2) is 72.0 Å². The molecule has 1 saturated heterocycles. The van der Waals surface area contributed by atoms with Gasteiger partial charge in [-0.2, -0.15) is 0 Å². The van der Waals surface area contributed by atoms with Crippen LogP contribution in [0.2, 0.25) is 0 Å². The van der Waals surface area contributed by atoms with Gasteiger partial charge in [0.1, 0.15) is 16.2 Å². The Morgan fingerprint density at radius 3 is 2.59 bits per heavy atom. The molecule has 7 heteroatoms. The molecule has 1 aliphatic heterocycles. The van der Waals surface area contributed by atoms with Crippen LogP contribution < -0.4 is 4.90 Å². The highest BCUT2D eigenvalue weighted by Crippen LogP contribution is 2.36.